The van der Waals surface area contributed by atoms with Crippen LogP contribution in [0.3, 0.4) is 0 Å². The molecule has 0 radical (unpaired) electrons. The molecular formula is C22H18FN5O3. The molecule has 1 aliphatic heterocycles. The van der Waals surface area contributed by atoms with E-state index in [1.54, 1.807) is 35.5 Å². The molecule has 156 valence electrons. The number of H-pyrrole nitrogens is 1. The summed E-state index contributed by atoms with van der Waals surface area (Å²) in [6.07, 6.45) is 3.59. The van der Waals surface area contributed by atoms with Gasteiger partial charge in [-0.25, -0.2) is 4.39 Å². The van der Waals surface area contributed by atoms with Gasteiger partial charge < -0.3 is 14.2 Å². The molecule has 0 spiro atoms. The van der Waals surface area contributed by atoms with Gasteiger partial charge in [0.1, 0.15) is 6.61 Å². The summed E-state index contributed by atoms with van der Waals surface area (Å²) in [5.74, 6) is 0.523. The number of ether oxygens (including phenoxy) is 1. The first-order valence-electron chi connectivity index (χ1n) is 9.77. The van der Waals surface area contributed by atoms with E-state index in [-0.39, 0.29) is 24.2 Å². The summed E-state index contributed by atoms with van der Waals surface area (Å²) >= 11 is 0. The second-order valence-corrected chi connectivity index (χ2v) is 7.23. The van der Waals surface area contributed by atoms with Crippen LogP contribution in [-0.2, 0) is 11.4 Å². The highest BCUT2D eigenvalue weighted by atomic mass is 19.1. The van der Waals surface area contributed by atoms with Crippen LogP contribution < -0.4 is 9.64 Å². The summed E-state index contributed by atoms with van der Waals surface area (Å²) in [4.78, 5) is 18.5. The molecule has 8 nitrogen and oxygen atoms in total. The lowest BCUT2D eigenvalue weighted by atomic mass is 10.1. The summed E-state index contributed by atoms with van der Waals surface area (Å²) in [5.41, 5.74) is 2.38. The first-order chi connectivity index (χ1) is 15.2. The zero-order chi connectivity index (χ0) is 21.2. The average Bonchev–Trinajstić information content (AvgIpc) is 3.54. The Kier molecular flexibility index (Phi) is 4.91. The van der Waals surface area contributed by atoms with Gasteiger partial charge in [-0.05, 0) is 17.7 Å². The minimum Gasteiger partial charge on any atom is -0.486 e. The predicted molar refractivity (Wildman–Crippen MR) is 109 cm³/mol. The Morgan fingerprint density at radius 1 is 1.19 bits per heavy atom. The molecule has 0 saturated carbocycles. The van der Waals surface area contributed by atoms with Gasteiger partial charge in [-0.1, -0.05) is 41.6 Å². The van der Waals surface area contributed by atoms with E-state index in [0.717, 1.165) is 16.8 Å². The van der Waals surface area contributed by atoms with E-state index < -0.39 is 5.82 Å². The lowest BCUT2D eigenvalue weighted by molar-refractivity contribution is -0.117. The number of halogens is 1. The highest BCUT2D eigenvalue weighted by Gasteiger charge is 2.35. The molecule has 1 fully saturated rings. The minimum atomic E-state index is -0.393. The van der Waals surface area contributed by atoms with Gasteiger partial charge in [0, 0.05) is 24.7 Å². The number of nitrogens with zero attached hydrogens (tertiary/aromatic N) is 4. The summed E-state index contributed by atoms with van der Waals surface area (Å²) < 4.78 is 24.6. The number of rotatable bonds is 6. The fraction of sp³-hybridized carbons (Fsp3) is 0.182. The summed E-state index contributed by atoms with van der Waals surface area (Å²) in [5, 5.41) is 10.7. The monoisotopic (exact) mass is 419 g/mol. The van der Waals surface area contributed by atoms with Crippen LogP contribution in [0.15, 0.2) is 65.4 Å². The van der Waals surface area contributed by atoms with Gasteiger partial charge in [0.25, 0.3) is 0 Å². The van der Waals surface area contributed by atoms with Crippen LogP contribution >= 0.6 is 0 Å². The van der Waals surface area contributed by atoms with Crippen LogP contribution in [-0.4, -0.2) is 32.8 Å². The molecule has 1 N–H and O–H groups in total. The molecule has 0 aliphatic carbocycles. The van der Waals surface area contributed by atoms with E-state index in [0.29, 0.717) is 24.7 Å². The molecule has 1 aliphatic rings. The summed E-state index contributed by atoms with van der Waals surface area (Å²) in [7, 11) is 0. The van der Waals surface area contributed by atoms with Gasteiger partial charge in [-0.3, -0.25) is 9.89 Å². The quantitative estimate of drug-likeness (QED) is 0.512. The largest absolute Gasteiger partial charge is 0.486 e. The van der Waals surface area contributed by atoms with Gasteiger partial charge in [0.05, 0.1) is 17.8 Å². The molecule has 0 bridgehead atoms. The fourth-order valence-corrected chi connectivity index (χ4v) is 3.51. The first-order valence-corrected chi connectivity index (χ1v) is 9.77. The van der Waals surface area contributed by atoms with Gasteiger partial charge >= 0.3 is 0 Å². The summed E-state index contributed by atoms with van der Waals surface area (Å²) in [6.45, 7) is 0.707. The van der Waals surface area contributed by atoms with Crippen molar-refractivity contribution in [3.63, 3.8) is 0 Å². The number of anilines is 1. The predicted octanol–water partition coefficient (Wildman–Crippen LogP) is 3.70. The number of carbonyl (C=O) groups excluding carboxylic acids is 1. The van der Waals surface area contributed by atoms with Crippen LogP contribution in [0.2, 0.25) is 0 Å². The molecule has 3 heterocycles. The standard InChI is InChI=1S/C22H18FN5O3/c23-18-3-1-2-4-19(18)30-13-14-5-7-15(8-6-14)21-26-22(31-27-21)16-9-20(29)28(12-16)17-10-24-25-11-17/h1-8,10-11,16H,9,12-13H2,(H,24,25). The molecular weight excluding hydrogens is 401 g/mol. The maximum absolute atomic E-state index is 13.7. The first kappa shape index (κ1) is 19.0. The van der Waals surface area contributed by atoms with Crippen molar-refractivity contribution >= 4 is 11.6 Å². The molecule has 5 rings (SSSR count). The van der Waals surface area contributed by atoms with Crippen LogP contribution in [0, 0.1) is 5.82 Å². The van der Waals surface area contributed by atoms with Gasteiger partial charge in [-0.15, -0.1) is 0 Å². The molecule has 1 atom stereocenters. The second-order valence-electron chi connectivity index (χ2n) is 7.23. The van der Waals surface area contributed by atoms with Crippen molar-refractivity contribution in [3.8, 4) is 17.1 Å². The van der Waals surface area contributed by atoms with Crippen molar-refractivity contribution in [1.82, 2.24) is 20.3 Å². The van der Waals surface area contributed by atoms with Crippen molar-refractivity contribution in [1.29, 1.82) is 0 Å². The molecule has 2 aromatic heterocycles. The molecule has 1 saturated heterocycles. The maximum Gasteiger partial charge on any atom is 0.232 e. The number of nitrogens with one attached hydrogen (secondary N) is 1. The SMILES string of the molecule is O=C1CC(c2nc(-c3ccc(COc4ccccc4F)cc3)no2)CN1c1cn[nH]c1. The van der Waals surface area contributed by atoms with E-state index in [1.807, 2.05) is 24.3 Å². The van der Waals surface area contributed by atoms with Crippen LogP contribution in [0.1, 0.15) is 23.8 Å². The third-order valence-corrected chi connectivity index (χ3v) is 5.15. The van der Waals surface area contributed by atoms with Crippen molar-refractivity contribution < 1.29 is 18.4 Å². The van der Waals surface area contributed by atoms with Crippen molar-refractivity contribution in [3.05, 3.63) is 78.2 Å². The number of hydrogen-bond acceptors (Lipinski definition) is 6. The Hall–Kier alpha value is -4.01. The number of aromatic nitrogens is 4. The number of carbonyl (C=O) groups is 1. The van der Waals surface area contributed by atoms with E-state index in [1.165, 1.54) is 6.07 Å². The van der Waals surface area contributed by atoms with Crippen LogP contribution in [0.5, 0.6) is 5.75 Å². The second kappa shape index (κ2) is 8.02. The third-order valence-electron chi connectivity index (χ3n) is 5.15. The molecule has 4 aromatic rings. The number of aromatic amines is 1. The lowest BCUT2D eigenvalue weighted by Gasteiger charge is -2.12. The van der Waals surface area contributed by atoms with E-state index >= 15 is 0 Å². The van der Waals surface area contributed by atoms with E-state index in [2.05, 4.69) is 20.3 Å². The Morgan fingerprint density at radius 2 is 2.03 bits per heavy atom. The van der Waals surface area contributed by atoms with E-state index in [9.17, 15) is 9.18 Å². The highest BCUT2D eigenvalue weighted by molar-refractivity contribution is 5.96. The molecule has 1 unspecified atom stereocenters. The normalized spacial score (nSPS) is 16.1. The number of hydrogen-bond donors (Lipinski definition) is 1. The molecule has 2 aromatic carbocycles. The highest BCUT2D eigenvalue weighted by Crippen LogP contribution is 2.31. The average molecular weight is 419 g/mol. The maximum atomic E-state index is 13.7. The Bertz CT molecular complexity index is 1190. The minimum absolute atomic E-state index is 0.00893. The lowest BCUT2D eigenvalue weighted by Crippen LogP contribution is -2.23. The zero-order valence-electron chi connectivity index (χ0n) is 16.4. The third kappa shape index (κ3) is 3.89. The smallest absolute Gasteiger partial charge is 0.232 e. The van der Waals surface area contributed by atoms with Gasteiger partial charge in [0.15, 0.2) is 11.6 Å². The topological polar surface area (TPSA) is 97.1 Å². The fourth-order valence-electron chi connectivity index (χ4n) is 3.51. The van der Waals surface area contributed by atoms with Crippen molar-refractivity contribution in [2.24, 2.45) is 0 Å². The van der Waals surface area contributed by atoms with Crippen LogP contribution in [0.25, 0.3) is 11.4 Å². The Labute approximate surface area is 176 Å². The van der Waals surface area contributed by atoms with Crippen molar-refractivity contribution in [2.45, 2.75) is 18.9 Å². The molecule has 9 heteroatoms. The van der Waals surface area contributed by atoms with E-state index in [4.69, 9.17) is 9.26 Å². The molecule has 1 amide bonds. The summed E-state index contributed by atoms with van der Waals surface area (Å²) in [6, 6.07) is 13.7. The van der Waals surface area contributed by atoms with Crippen LogP contribution in [0.4, 0.5) is 10.1 Å². The molecule has 31 heavy (non-hydrogen) atoms. The van der Waals surface area contributed by atoms with Gasteiger partial charge in [-0.2, -0.15) is 10.1 Å². The number of benzene rings is 2. The number of amides is 1. The zero-order valence-corrected chi connectivity index (χ0v) is 16.4. The number of para-hydroxylation sites is 1. The van der Waals surface area contributed by atoms with Gasteiger partial charge in [0.2, 0.25) is 17.6 Å². The van der Waals surface area contributed by atoms with Crippen molar-refractivity contribution in [2.75, 3.05) is 11.4 Å². The Balaban J connectivity index is 1.25. The Morgan fingerprint density at radius 3 is 2.81 bits per heavy atom.